The summed E-state index contributed by atoms with van der Waals surface area (Å²) in [6, 6.07) is 4.95. The zero-order valence-corrected chi connectivity index (χ0v) is 16.0. The third kappa shape index (κ3) is 2.49. The van der Waals surface area contributed by atoms with Gasteiger partial charge in [0.05, 0.1) is 24.2 Å². The van der Waals surface area contributed by atoms with Crippen molar-refractivity contribution in [3.8, 4) is 16.9 Å². The summed E-state index contributed by atoms with van der Waals surface area (Å²) in [5, 5.41) is 0.431. The van der Waals surface area contributed by atoms with E-state index in [1.165, 1.54) is 12.3 Å². The molecule has 8 heteroatoms. The van der Waals surface area contributed by atoms with E-state index in [4.69, 9.17) is 31.5 Å². The number of nitrogens with zero attached hydrogens (tertiary/aromatic N) is 2. The second-order valence-electron chi connectivity index (χ2n) is 7.68. The van der Waals surface area contributed by atoms with Crippen LogP contribution < -0.4 is 10.5 Å². The van der Waals surface area contributed by atoms with Gasteiger partial charge in [0.2, 0.25) is 0 Å². The number of halogens is 2. The average Bonchev–Trinajstić information content (AvgIpc) is 3.03. The Morgan fingerprint density at radius 2 is 2.14 bits per heavy atom. The number of rotatable bonds is 1. The number of aromatic nitrogens is 1. The number of fused-ring (bicyclic) bond motifs is 4. The third-order valence-electron chi connectivity index (χ3n) is 5.99. The first kappa shape index (κ1) is 17.7. The number of aliphatic imine (C=N–C) groups is 1. The molecule has 6 nitrogen and oxygen atoms in total. The molecule has 0 amide bonds. The Hall–Kier alpha value is -2.38. The van der Waals surface area contributed by atoms with Gasteiger partial charge in [-0.15, -0.1) is 0 Å². The molecule has 5 rings (SSSR count). The molecule has 2 aromatic rings. The van der Waals surface area contributed by atoms with E-state index in [1.54, 1.807) is 18.3 Å². The van der Waals surface area contributed by atoms with E-state index in [0.29, 0.717) is 41.5 Å². The molecule has 0 saturated carbocycles. The molecule has 3 aliphatic rings. The lowest BCUT2D eigenvalue weighted by molar-refractivity contribution is -0.129. The Labute approximate surface area is 166 Å². The van der Waals surface area contributed by atoms with Crippen molar-refractivity contribution < 1.29 is 18.6 Å². The monoisotopic (exact) mass is 403 g/mol. The second kappa shape index (κ2) is 6.06. The Balaban J connectivity index is 1.74. The lowest BCUT2D eigenvalue weighted by Gasteiger charge is -2.52. The highest BCUT2D eigenvalue weighted by Gasteiger charge is 2.60. The Morgan fingerprint density at radius 1 is 1.29 bits per heavy atom. The van der Waals surface area contributed by atoms with Gasteiger partial charge in [-0.1, -0.05) is 11.6 Å². The first-order chi connectivity index (χ1) is 13.4. The fraction of sp³-hybridized carbons (Fsp3) is 0.400. The summed E-state index contributed by atoms with van der Waals surface area (Å²) in [6.07, 6.45) is 3.76. The molecule has 3 aliphatic heterocycles. The van der Waals surface area contributed by atoms with E-state index in [1.807, 2.05) is 6.92 Å². The molecule has 2 N–H and O–H groups in total. The van der Waals surface area contributed by atoms with Crippen LogP contribution in [0, 0.1) is 11.7 Å². The molecule has 4 heterocycles. The number of amidine groups is 1. The van der Waals surface area contributed by atoms with Crippen molar-refractivity contribution in [2.45, 2.75) is 24.5 Å². The van der Waals surface area contributed by atoms with Crippen LogP contribution in [0.1, 0.15) is 18.9 Å². The van der Waals surface area contributed by atoms with Crippen LogP contribution in [-0.4, -0.2) is 36.4 Å². The van der Waals surface area contributed by atoms with Gasteiger partial charge in [0.25, 0.3) is 6.02 Å². The minimum atomic E-state index is -0.790. The quantitative estimate of drug-likeness (QED) is 0.790. The van der Waals surface area contributed by atoms with Crippen molar-refractivity contribution >= 4 is 17.6 Å². The first-order valence-corrected chi connectivity index (χ1v) is 9.49. The van der Waals surface area contributed by atoms with E-state index in [2.05, 4.69) is 9.98 Å². The Kier molecular flexibility index (Phi) is 3.83. The largest absolute Gasteiger partial charge is 0.486 e. The average molecular weight is 404 g/mol. The van der Waals surface area contributed by atoms with E-state index >= 15 is 4.39 Å². The van der Waals surface area contributed by atoms with Crippen LogP contribution in [0.25, 0.3) is 11.1 Å². The zero-order chi connectivity index (χ0) is 19.5. The summed E-state index contributed by atoms with van der Waals surface area (Å²) in [6.45, 7) is 3.31. The van der Waals surface area contributed by atoms with E-state index in [-0.39, 0.29) is 18.5 Å². The number of pyridine rings is 1. The molecule has 1 spiro atoms. The SMILES string of the molecule is C[C@]12CCOC[C@@H]1[C@]1(COC(N)=N1)c1cc(-c3cncc(Cl)c3)c(F)cc1O2. The van der Waals surface area contributed by atoms with Crippen LogP contribution in [0.5, 0.6) is 5.75 Å². The molecule has 0 aliphatic carbocycles. The van der Waals surface area contributed by atoms with Gasteiger partial charge in [-0.05, 0) is 19.1 Å². The molecule has 3 atom stereocenters. The van der Waals surface area contributed by atoms with Crippen LogP contribution in [0.3, 0.4) is 0 Å². The summed E-state index contributed by atoms with van der Waals surface area (Å²) in [5.74, 6) is -0.0695. The Bertz CT molecular complexity index is 1000. The van der Waals surface area contributed by atoms with E-state index < -0.39 is 17.0 Å². The molecular formula is C20H19ClFN3O3. The molecule has 0 unspecified atom stereocenters. The van der Waals surface area contributed by atoms with Crippen LogP contribution >= 0.6 is 11.6 Å². The summed E-state index contributed by atoms with van der Waals surface area (Å²) in [5.41, 5.74) is 6.25. The minimum absolute atomic E-state index is 0.113. The predicted octanol–water partition coefficient (Wildman–Crippen LogP) is 3.27. The van der Waals surface area contributed by atoms with Crippen molar-refractivity contribution in [3.05, 3.63) is 47.0 Å². The van der Waals surface area contributed by atoms with Gasteiger partial charge in [-0.2, -0.15) is 0 Å². The normalized spacial score (nSPS) is 30.8. The van der Waals surface area contributed by atoms with Crippen LogP contribution in [0.2, 0.25) is 5.02 Å². The smallest absolute Gasteiger partial charge is 0.283 e. The van der Waals surface area contributed by atoms with Gasteiger partial charge in [0, 0.05) is 41.6 Å². The molecular weight excluding hydrogens is 385 g/mol. The van der Waals surface area contributed by atoms with Crippen LogP contribution in [-0.2, 0) is 15.0 Å². The van der Waals surface area contributed by atoms with E-state index in [0.717, 1.165) is 5.56 Å². The van der Waals surface area contributed by atoms with Gasteiger partial charge in [-0.3, -0.25) is 4.98 Å². The molecule has 1 aromatic carbocycles. The van der Waals surface area contributed by atoms with Crippen molar-refractivity contribution in [1.82, 2.24) is 4.98 Å². The maximum absolute atomic E-state index is 15.0. The lowest BCUT2D eigenvalue weighted by Crippen LogP contribution is -2.59. The van der Waals surface area contributed by atoms with Crippen molar-refractivity contribution in [2.75, 3.05) is 19.8 Å². The highest BCUT2D eigenvalue weighted by molar-refractivity contribution is 6.30. The van der Waals surface area contributed by atoms with Crippen molar-refractivity contribution in [2.24, 2.45) is 16.6 Å². The van der Waals surface area contributed by atoms with Crippen LogP contribution in [0.15, 0.2) is 35.6 Å². The summed E-state index contributed by atoms with van der Waals surface area (Å²) >= 11 is 6.06. The minimum Gasteiger partial charge on any atom is -0.486 e. The number of hydrogen-bond donors (Lipinski definition) is 1. The molecule has 146 valence electrons. The van der Waals surface area contributed by atoms with Gasteiger partial charge in [0.15, 0.2) is 0 Å². The van der Waals surface area contributed by atoms with E-state index in [9.17, 15) is 0 Å². The Morgan fingerprint density at radius 3 is 2.89 bits per heavy atom. The zero-order valence-electron chi connectivity index (χ0n) is 15.2. The molecule has 0 bridgehead atoms. The predicted molar refractivity (Wildman–Crippen MR) is 102 cm³/mol. The van der Waals surface area contributed by atoms with Gasteiger partial charge >= 0.3 is 0 Å². The fourth-order valence-corrected chi connectivity index (χ4v) is 4.72. The second-order valence-corrected chi connectivity index (χ2v) is 8.11. The molecule has 0 radical (unpaired) electrons. The summed E-state index contributed by atoms with van der Waals surface area (Å²) in [4.78, 5) is 8.75. The third-order valence-corrected chi connectivity index (χ3v) is 6.19. The van der Waals surface area contributed by atoms with Crippen LogP contribution in [0.4, 0.5) is 4.39 Å². The number of benzene rings is 1. The van der Waals surface area contributed by atoms with Gasteiger partial charge in [0.1, 0.15) is 29.3 Å². The lowest BCUT2D eigenvalue weighted by atomic mass is 9.66. The number of nitrogens with two attached hydrogens (primary N) is 1. The number of hydrogen-bond acceptors (Lipinski definition) is 6. The maximum Gasteiger partial charge on any atom is 0.283 e. The van der Waals surface area contributed by atoms with Gasteiger partial charge < -0.3 is 19.9 Å². The molecule has 1 aromatic heterocycles. The highest BCUT2D eigenvalue weighted by Crippen LogP contribution is 2.55. The molecule has 1 fully saturated rings. The first-order valence-electron chi connectivity index (χ1n) is 9.11. The van der Waals surface area contributed by atoms with Gasteiger partial charge in [-0.25, -0.2) is 9.38 Å². The van der Waals surface area contributed by atoms with Crippen molar-refractivity contribution in [3.63, 3.8) is 0 Å². The highest BCUT2D eigenvalue weighted by atomic mass is 35.5. The maximum atomic E-state index is 15.0. The summed E-state index contributed by atoms with van der Waals surface area (Å²) in [7, 11) is 0. The number of ether oxygens (including phenoxy) is 3. The topological polar surface area (TPSA) is 79.0 Å². The fourth-order valence-electron chi connectivity index (χ4n) is 4.55. The standard InChI is InChI=1S/C20H19ClFN3O3/c1-19-2-3-26-9-17(19)20(10-27-18(23)25-20)14-5-13(15(22)6-16(14)28-19)11-4-12(21)8-24-7-11/h4-8,17H,2-3,9-10H2,1H3,(H2,23,25)/t17-,19-,20-/m0/s1. The molecule has 28 heavy (non-hydrogen) atoms. The molecule has 1 saturated heterocycles. The summed E-state index contributed by atoms with van der Waals surface area (Å²) < 4.78 is 32.7. The van der Waals surface area contributed by atoms with Crippen molar-refractivity contribution in [1.29, 1.82) is 0 Å².